The van der Waals surface area contributed by atoms with E-state index < -0.39 is 0 Å². The van der Waals surface area contributed by atoms with Gasteiger partial charge >= 0.3 is 0 Å². The predicted molar refractivity (Wildman–Crippen MR) is 39.2 cm³/mol. The Morgan fingerprint density at radius 1 is 1.71 bits per heavy atom. The van der Waals surface area contributed by atoms with E-state index in [1.807, 2.05) is 6.92 Å². The number of rotatable bonds is 1. The van der Waals surface area contributed by atoms with Crippen molar-refractivity contribution >= 4 is 27.5 Å². The van der Waals surface area contributed by atoms with Crippen LogP contribution in [0.3, 0.4) is 0 Å². The van der Waals surface area contributed by atoms with Crippen molar-refractivity contribution in [2.24, 2.45) is 5.73 Å². The molecule has 0 unspecified atom stereocenters. The minimum absolute atomic E-state index is 0.708. The molecule has 0 heterocycles. The van der Waals surface area contributed by atoms with E-state index in [0.717, 1.165) is 11.9 Å². The summed E-state index contributed by atoms with van der Waals surface area (Å²) < 4.78 is 0. The third-order valence-corrected chi connectivity index (χ3v) is 1.11. The maximum atomic E-state index is 5.14. The molecule has 0 aliphatic carbocycles. The van der Waals surface area contributed by atoms with Crippen molar-refractivity contribution in [3.63, 3.8) is 0 Å². The van der Waals surface area contributed by atoms with Gasteiger partial charge in [-0.15, -0.1) is 11.6 Å². The Balaban J connectivity index is 0. The molecular weight excluding hydrogens is 177 g/mol. The molecule has 0 rings (SSSR count). The number of nitrogens with two attached hydrogens (primary N) is 1. The molecule has 46 valence electrons. The van der Waals surface area contributed by atoms with Gasteiger partial charge in [0, 0.05) is 11.2 Å². The van der Waals surface area contributed by atoms with Gasteiger partial charge in [0.05, 0.1) is 0 Å². The molecule has 2 N–H and O–H groups in total. The van der Waals surface area contributed by atoms with Gasteiger partial charge < -0.3 is 5.73 Å². The van der Waals surface area contributed by atoms with Gasteiger partial charge in [0.15, 0.2) is 0 Å². The molecule has 0 bridgehead atoms. The zero-order valence-corrected chi connectivity index (χ0v) is 6.80. The SMILES string of the molecule is CCN.ClCCBr. The fraction of sp³-hybridized carbons (Fsp3) is 1.00. The van der Waals surface area contributed by atoms with Crippen LogP contribution in [0.1, 0.15) is 6.92 Å². The summed E-state index contributed by atoms with van der Waals surface area (Å²) in [5, 5.41) is 0.897. The molecule has 1 nitrogen and oxygen atoms in total. The molecule has 0 aliphatic rings. The quantitative estimate of drug-likeness (QED) is 0.622. The Labute approximate surface area is 58.4 Å². The summed E-state index contributed by atoms with van der Waals surface area (Å²) in [6.45, 7) is 2.65. The summed E-state index contributed by atoms with van der Waals surface area (Å²) in [6, 6.07) is 0. The van der Waals surface area contributed by atoms with Crippen molar-refractivity contribution in [1.82, 2.24) is 0 Å². The molecule has 0 aromatic rings. The summed E-state index contributed by atoms with van der Waals surface area (Å²) >= 11 is 8.26. The van der Waals surface area contributed by atoms with Crippen molar-refractivity contribution in [2.45, 2.75) is 6.92 Å². The van der Waals surface area contributed by atoms with Gasteiger partial charge in [0.2, 0.25) is 0 Å². The minimum atomic E-state index is 0.708. The lowest BCUT2D eigenvalue weighted by molar-refractivity contribution is 1.14. The minimum Gasteiger partial charge on any atom is -0.331 e. The Kier molecular flexibility index (Phi) is 24.2. The van der Waals surface area contributed by atoms with Crippen LogP contribution in [0.4, 0.5) is 0 Å². The molecule has 0 aromatic heterocycles. The molecule has 0 spiro atoms. The Morgan fingerprint density at radius 3 is 1.86 bits per heavy atom. The van der Waals surface area contributed by atoms with E-state index in [2.05, 4.69) is 15.9 Å². The van der Waals surface area contributed by atoms with Crippen LogP contribution < -0.4 is 5.73 Å². The normalized spacial score (nSPS) is 6.86. The molecule has 0 aromatic carbocycles. The summed E-state index contributed by atoms with van der Waals surface area (Å²) in [7, 11) is 0. The van der Waals surface area contributed by atoms with Gasteiger partial charge in [-0.05, 0) is 6.54 Å². The Bertz CT molecular complexity index is 19.2. The van der Waals surface area contributed by atoms with Crippen LogP contribution in [0, 0.1) is 0 Å². The van der Waals surface area contributed by atoms with E-state index >= 15 is 0 Å². The number of hydrogen-bond acceptors (Lipinski definition) is 1. The van der Waals surface area contributed by atoms with Gasteiger partial charge in [-0.2, -0.15) is 0 Å². The van der Waals surface area contributed by atoms with Crippen LogP contribution in [-0.2, 0) is 0 Å². The van der Waals surface area contributed by atoms with Crippen molar-refractivity contribution < 1.29 is 0 Å². The van der Waals surface area contributed by atoms with Gasteiger partial charge in [-0.3, -0.25) is 0 Å². The standard InChI is InChI=1S/C2H4BrCl.C2H7N/c3-1-2-4;1-2-3/h1-2H2;2-3H2,1H3. The summed E-state index contributed by atoms with van der Waals surface area (Å²) in [5.74, 6) is 0.708. The Morgan fingerprint density at radius 2 is 1.86 bits per heavy atom. The van der Waals surface area contributed by atoms with E-state index in [1.165, 1.54) is 0 Å². The first-order valence-corrected chi connectivity index (χ1v) is 3.81. The lowest BCUT2D eigenvalue weighted by Gasteiger charge is -1.63. The number of hydrogen-bond donors (Lipinski definition) is 1. The number of alkyl halides is 2. The van der Waals surface area contributed by atoms with Gasteiger partial charge in [-0.25, -0.2) is 0 Å². The maximum absolute atomic E-state index is 5.14. The van der Waals surface area contributed by atoms with Gasteiger partial charge in [0.25, 0.3) is 0 Å². The molecule has 0 saturated carbocycles. The molecule has 7 heavy (non-hydrogen) atoms. The van der Waals surface area contributed by atoms with Crippen molar-refractivity contribution in [1.29, 1.82) is 0 Å². The van der Waals surface area contributed by atoms with E-state index in [4.69, 9.17) is 17.3 Å². The van der Waals surface area contributed by atoms with E-state index in [1.54, 1.807) is 0 Å². The summed E-state index contributed by atoms with van der Waals surface area (Å²) in [5.41, 5.74) is 4.85. The molecule has 0 aliphatic heterocycles. The fourth-order valence-electron chi connectivity index (χ4n) is 0. The van der Waals surface area contributed by atoms with Gasteiger partial charge in [-0.1, -0.05) is 22.9 Å². The van der Waals surface area contributed by atoms with Crippen LogP contribution >= 0.6 is 27.5 Å². The lowest BCUT2D eigenvalue weighted by atomic mass is 10.8. The highest BCUT2D eigenvalue weighted by Gasteiger charge is 1.61. The average Bonchev–Trinajstić information content (AvgIpc) is 1.69. The fourth-order valence-corrected chi connectivity index (χ4v) is 0. The summed E-state index contributed by atoms with van der Waals surface area (Å²) in [4.78, 5) is 0. The van der Waals surface area contributed by atoms with Crippen LogP contribution in [-0.4, -0.2) is 17.8 Å². The topological polar surface area (TPSA) is 26.0 Å². The van der Waals surface area contributed by atoms with E-state index in [-0.39, 0.29) is 0 Å². The molecule has 0 saturated heterocycles. The van der Waals surface area contributed by atoms with Crippen LogP contribution in [0.25, 0.3) is 0 Å². The molecule has 0 amide bonds. The molecule has 3 heteroatoms. The zero-order valence-electron chi connectivity index (χ0n) is 4.45. The molecule has 0 radical (unpaired) electrons. The average molecular weight is 188 g/mol. The van der Waals surface area contributed by atoms with Crippen molar-refractivity contribution in [2.75, 3.05) is 17.8 Å². The molecule has 0 atom stereocenters. The first-order chi connectivity index (χ1) is 3.33. The largest absolute Gasteiger partial charge is 0.331 e. The highest BCUT2D eigenvalue weighted by molar-refractivity contribution is 9.09. The second-order valence-electron chi connectivity index (χ2n) is 0.786. The highest BCUT2D eigenvalue weighted by Crippen LogP contribution is 1.79. The van der Waals surface area contributed by atoms with Crippen LogP contribution in [0.5, 0.6) is 0 Å². The zero-order chi connectivity index (χ0) is 6.12. The first-order valence-electron chi connectivity index (χ1n) is 2.15. The second kappa shape index (κ2) is 15.9. The van der Waals surface area contributed by atoms with Crippen LogP contribution in [0.2, 0.25) is 0 Å². The smallest absolute Gasteiger partial charge is 0.0320 e. The predicted octanol–water partition coefficient (Wildman–Crippen LogP) is 1.59. The van der Waals surface area contributed by atoms with Crippen molar-refractivity contribution in [3.05, 3.63) is 0 Å². The lowest BCUT2D eigenvalue weighted by Crippen LogP contribution is -1.87. The maximum Gasteiger partial charge on any atom is 0.0320 e. The Hall–Kier alpha value is 0.730. The third kappa shape index (κ3) is 50.3. The second-order valence-corrected chi connectivity index (χ2v) is 1.96. The molecule has 0 fully saturated rings. The highest BCUT2D eigenvalue weighted by atomic mass is 79.9. The summed E-state index contributed by atoms with van der Waals surface area (Å²) in [6.07, 6.45) is 0. The van der Waals surface area contributed by atoms with Crippen molar-refractivity contribution in [3.8, 4) is 0 Å². The third-order valence-electron chi connectivity index (χ3n) is 0.0714. The van der Waals surface area contributed by atoms with Gasteiger partial charge in [0.1, 0.15) is 0 Å². The first kappa shape index (κ1) is 10.7. The number of halogens is 2. The molecular formula is C4H11BrClN. The van der Waals surface area contributed by atoms with Crippen LogP contribution in [0.15, 0.2) is 0 Å². The van der Waals surface area contributed by atoms with E-state index in [0.29, 0.717) is 5.88 Å². The monoisotopic (exact) mass is 187 g/mol. The van der Waals surface area contributed by atoms with E-state index in [9.17, 15) is 0 Å².